The van der Waals surface area contributed by atoms with Crippen molar-refractivity contribution < 1.29 is 28.5 Å². The molecule has 3 saturated carbocycles. The Morgan fingerprint density at radius 1 is 0.867 bits per heavy atom. The molecule has 0 aromatic carbocycles. The zero-order chi connectivity index (χ0) is 21.2. The molecule has 6 fully saturated rings. The van der Waals surface area contributed by atoms with Crippen LogP contribution in [0.2, 0.25) is 0 Å². The molecule has 30 heavy (non-hydrogen) atoms. The van der Waals surface area contributed by atoms with Gasteiger partial charge >= 0.3 is 5.97 Å². The van der Waals surface area contributed by atoms with Crippen molar-refractivity contribution in [1.29, 1.82) is 0 Å². The van der Waals surface area contributed by atoms with Crippen molar-refractivity contribution in [2.24, 2.45) is 34.0 Å². The lowest BCUT2D eigenvalue weighted by molar-refractivity contribution is -0.260. The number of fused-ring (bicyclic) bond motifs is 4. The van der Waals surface area contributed by atoms with E-state index in [1.54, 1.807) is 0 Å². The predicted octanol–water partition coefficient (Wildman–Crippen LogP) is 3.26. The summed E-state index contributed by atoms with van der Waals surface area (Å²) in [6.07, 6.45) is 4.36. The standard InChI is InChI=1S/C24H34O6/c1-20(2)16-11-17(25)22(4)14-6-8-24(28-9-10-29-24)21(14,3)7-5-15(22)23(16)13-27-19(26)12-18(23)30-20/h14-16,18H,5-13H2,1-4H3/t14-,15+,16+,18+,21+,22+,23-/m1/s1. The van der Waals surface area contributed by atoms with Gasteiger partial charge < -0.3 is 18.9 Å². The van der Waals surface area contributed by atoms with Gasteiger partial charge in [-0.25, -0.2) is 0 Å². The van der Waals surface area contributed by atoms with Gasteiger partial charge in [-0.15, -0.1) is 0 Å². The lowest BCUT2D eigenvalue weighted by Gasteiger charge is -2.64. The summed E-state index contributed by atoms with van der Waals surface area (Å²) >= 11 is 0. The fraction of sp³-hybridized carbons (Fsp3) is 0.917. The molecule has 7 atom stereocenters. The van der Waals surface area contributed by atoms with Crippen LogP contribution < -0.4 is 0 Å². The van der Waals surface area contributed by atoms with Gasteiger partial charge in [-0.05, 0) is 44.9 Å². The van der Waals surface area contributed by atoms with Crippen molar-refractivity contribution >= 4 is 11.8 Å². The van der Waals surface area contributed by atoms with E-state index < -0.39 is 16.8 Å². The van der Waals surface area contributed by atoms with Gasteiger partial charge in [0.05, 0.1) is 31.3 Å². The molecule has 2 spiro atoms. The summed E-state index contributed by atoms with van der Waals surface area (Å²) in [5.74, 6) is 0.117. The van der Waals surface area contributed by atoms with Gasteiger partial charge in [0.1, 0.15) is 12.4 Å². The molecule has 0 aromatic rings. The Morgan fingerprint density at radius 2 is 1.57 bits per heavy atom. The molecule has 3 saturated heterocycles. The first-order chi connectivity index (χ1) is 14.1. The number of hydrogen-bond donors (Lipinski definition) is 0. The Balaban J connectivity index is 1.47. The van der Waals surface area contributed by atoms with E-state index in [4.69, 9.17) is 18.9 Å². The maximum atomic E-state index is 14.0. The van der Waals surface area contributed by atoms with Crippen molar-refractivity contribution in [3.05, 3.63) is 0 Å². The molecule has 0 bridgehead atoms. The van der Waals surface area contributed by atoms with Crippen LogP contribution in [0.15, 0.2) is 0 Å². The molecule has 0 N–H and O–H groups in total. The van der Waals surface area contributed by atoms with Gasteiger partial charge in [0.15, 0.2) is 5.79 Å². The predicted molar refractivity (Wildman–Crippen MR) is 106 cm³/mol. The third-order valence-electron chi connectivity index (χ3n) is 10.6. The minimum Gasteiger partial charge on any atom is -0.465 e. The van der Waals surface area contributed by atoms with E-state index in [1.165, 1.54) is 0 Å². The second kappa shape index (κ2) is 5.68. The molecule has 6 heteroatoms. The molecule has 0 aromatic heterocycles. The third-order valence-corrected chi connectivity index (χ3v) is 10.6. The quantitative estimate of drug-likeness (QED) is 0.563. The van der Waals surface area contributed by atoms with Gasteiger partial charge in [-0.2, -0.15) is 0 Å². The van der Waals surface area contributed by atoms with E-state index in [2.05, 4.69) is 27.7 Å². The molecule has 6 nitrogen and oxygen atoms in total. The average Bonchev–Trinajstić information content (AvgIpc) is 3.33. The summed E-state index contributed by atoms with van der Waals surface area (Å²) in [6, 6.07) is 0. The van der Waals surface area contributed by atoms with Crippen LogP contribution in [-0.4, -0.2) is 49.1 Å². The highest BCUT2D eigenvalue weighted by Crippen LogP contribution is 2.75. The monoisotopic (exact) mass is 418 g/mol. The van der Waals surface area contributed by atoms with Gasteiger partial charge in [-0.1, -0.05) is 13.8 Å². The summed E-state index contributed by atoms with van der Waals surface area (Å²) in [6.45, 7) is 10.4. The second-order valence-electron chi connectivity index (χ2n) is 11.7. The van der Waals surface area contributed by atoms with Crippen LogP contribution in [0.25, 0.3) is 0 Å². The van der Waals surface area contributed by atoms with Crippen LogP contribution >= 0.6 is 0 Å². The maximum Gasteiger partial charge on any atom is 0.308 e. The minimum absolute atomic E-state index is 0.0902. The number of rotatable bonds is 0. The van der Waals surface area contributed by atoms with Crippen LogP contribution in [-0.2, 0) is 28.5 Å². The van der Waals surface area contributed by atoms with E-state index in [9.17, 15) is 9.59 Å². The van der Waals surface area contributed by atoms with Crippen LogP contribution in [0.1, 0.15) is 66.2 Å². The highest BCUT2D eigenvalue weighted by molar-refractivity contribution is 5.87. The Hall–Kier alpha value is -0.980. The Kier molecular flexibility index (Phi) is 3.73. The summed E-state index contributed by atoms with van der Waals surface area (Å²) in [5, 5.41) is 0. The molecule has 6 aliphatic rings. The molecule has 0 radical (unpaired) electrons. The Labute approximate surface area is 178 Å². The van der Waals surface area contributed by atoms with Gasteiger partial charge in [0.2, 0.25) is 0 Å². The molecule has 0 unspecified atom stereocenters. The number of Topliss-reactive ketones (excluding diaryl/α,β-unsaturated/α-hetero) is 1. The van der Waals surface area contributed by atoms with Crippen molar-refractivity contribution in [3.8, 4) is 0 Å². The first kappa shape index (κ1) is 19.7. The number of carbonyl (C=O) groups excluding carboxylic acids is 2. The number of hydrogen-bond acceptors (Lipinski definition) is 6. The molecular weight excluding hydrogens is 384 g/mol. The van der Waals surface area contributed by atoms with E-state index in [0.717, 1.165) is 25.7 Å². The van der Waals surface area contributed by atoms with Crippen molar-refractivity contribution in [2.45, 2.75) is 83.7 Å². The van der Waals surface area contributed by atoms with E-state index in [0.29, 0.717) is 38.4 Å². The zero-order valence-electron chi connectivity index (χ0n) is 18.6. The lowest BCUT2D eigenvalue weighted by atomic mass is 9.39. The van der Waals surface area contributed by atoms with Gasteiger partial charge in [0, 0.05) is 35.0 Å². The van der Waals surface area contributed by atoms with Crippen LogP contribution in [0, 0.1) is 34.0 Å². The van der Waals surface area contributed by atoms with E-state index in [-0.39, 0.29) is 40.7 Å². The Morgan fingerprint density at radius 3 is 2.30 bits per heavy atom. The van der Waals surface area contributed by atoms with Crippen LogP contribution in [0.3, 0.4) is 0 Å². The molecule has 166 valence electrons. The van der Waals surface area contributed by atoms with Crippen molar-refractivity contribution in [2.75, 3.05) is 19.8 Å². The first-order valence-electron chi connectivity index (χ1n) is 11.7. The molecular formula is C24H34O6. The van der Waals surface area contributed by atoms with Gasteiger partial charge in [-0.3, -0.25) is 9.59 Å². The molecule has 6 rings (SSSR count). The molecule has 0 amide bonds. The summed E-state index contributed by atoms with van der Waals surface area (Å²) in [7, 11) is 0. The highest BCUT2D eigenvalue weighted by atomic mass is 16.7. The smallest absolute Gasteiger partial charge is 0.308 e. The van der Waals surface area contributed by atoms with Gasteiger partial charge in [0.25, 0.3) is 0 Å². The van der Waals surface area contributed by atoms with Crippen LogP contribution in [0.5, 0.6) is 0 Å². The number of ether oxygens (including phenoxy) is 4. The third kappa shape index (κ3) is 1.98. The largest absolute Gasteiger partial charge is 0.465 e. The topological polar surface area (TPSA) is 71.1 Å². The van der Waals surface area contributed by atoms with E-state index in [1.807, 2.05) is 0 Å². The van der Waals surface area contributed by atoms with Crippen LogP contribution in [0.4, 0.5) is 0 Å². The normalized spacial score (nSPS) is 53.1. The van der Waals surface area contributed by atoms with Crippen molar-refractivity contribution in [1.82, 2.24) is 0 Å². The maximum absolute atomic E-state index is 14.0. The summed E-state index contributed by atoms with van der Waals surface area (Å²) in [4.78, 5) is 26.2. The number of ketones is 1. The average molecular weight is 419 g/mol. The fourth-order valence-corrected chi connectivity index (χ4v) is 9.34. The Bertz CT molecular complexity index is 815. The highest BCUT2D eigenvalue weighted by Gasteiger charge is 2.78. The second-order valence-corrected chi connectivity index (χ2v) is 11.7. The number of carbonyl (C=O) groups is 2. The minimum atomic E-state index is -0.537. The van der Waals surface area contributed by atoms with Crippen molar-refractivity contribution in [3.63, 3.8) is 0 Å². The molecule has 3 heterocycles. The number of cyclic esters (lactones) is 1. The first-order valence-corrected chi connectivity index (χ1v) is 11.7. The summed E-state index contributed by atoms with van der Waals surface area (Å²) in [5.41, 5.74) is -1.32. The summed E-state index contributed by atoms with van der Waals surface area (Å²) < 4.78 is 24.7. The molecule has 3 aliphatic carbocycles. The van der Waals surface area contributed by atoms with E-state index >= 15 is 0 Å². The lowest BCUT2D eigenvalue weighted by Crippen LogP contribution is -2.68. The zero-order valence-corrected chi connectivity index (χ0v) is 18.6. The SMILES string of the molecule is CC1(C)O[C@H]2CC(=O)OC[C@@]23[C@H]1CC(=O)[C@]1(C)[C@@H]3CC[C@@]2(C)[C@H]1CCC21OCCO1. The molecule has 3 aliphatic heterocycles. The number of esters is 1. The fourth-order valence-electron chi connectivity index (χ4n) is 9.34.